The van der Waals surface area contributed by atoms with Crippen molar-refractivity contribution in [2.45, 2.75) is 26.1 Å². The van der Waals surface area contributed by atoms with E-state index in [4.69, 9.17) is 4.74 Å². The summed E-state index contributed by atoms with van der Waals surface area (Å²) >= 11 is 0. The number of nitrogens with one attached hydrogen (secondary N) is 1. The summed E-state index contributed by atoms with van der Waals surface area (Å²) in [6, 6.07) is 9.82. The molecule has 0 saturated heterocycles. The van der Waals surface area contributed by atoms with Crippen LogP contribution in [0.15, 0.2) is 36.4 Å². The second-order valence-electron chi connectivity index (χ2n) is 6.40. The van der Waals surface area contributed by atoms with Crippen molar-refractivity contribution in [1.29, 1.82) is 0 Å². The fraction of sp³-hybridized carbons (Fsp3) is 0.316. The molecular formula is C19H19F3N4O2. The highest BCUT2D eigenvalue weighted by molar-refractivity contribution is 5.83. The molecule has 28 heavy (non-hydrogen) atoms. The highest BCUT2D eigenvalue weighted by Gasteiger charge is 2.35. The Morgan fingerprint density at radius 2 is 1.96 bits per heavy atom. The van der Waals surface area contributed by atoms with Crippen LogP contribution in [0.3, 0.4) is 0 Å². The van der Waals surface area contributed by atoms with E-state index in [0.717, 1.165) is 11.6 Å². The van der Waals surface area contributed by atoms with Gasteiger partial charge in [-0.05, 0) is 19.4 Å². The molecule has 9 heteroatoms. The van der Waals surface area contributed by atoms with Gasteiger partial charge in [0.2, 0.25) is 5.88 Å². The molecule has 0 saturated carbocycles. The third kappa shape index (κ3) is 4.08. The lowest BCUT2D eigenvalue weighted by Crippen LogP contribution is -2.31. The fourth-order valence-corrected chi connectivity index (χ4v) is 2.97. The monoisotopic (exact) mass is 392 g/mol. The Kier molecular flexibility index (Phi) is 5.26. The van der Waals surface area contributed by atoms with E-state index < -0.39 is 24.3 Å². The number of hydrogen-bond donors (Lipinski definition) is 1. The quantitative estimate of drug-likeness (QED) is 0.721. The molecule has 1 atom stereocenters. The van der Waals surface area contributed by atoms with Crippen molar-refractivity contribution in [2.75, 3.05) is 6.61 Å². The number of hydrogen-bond acceptors (Lipinski definition) is 4. The molecule has 6 nitrogen and oxygen atoms in total. The average Bonchev–Trinajstić information content (AvgIpc) is 2.93. The highest BCUT2D eigenvalue weighted by Crippen LogP contribution is 2.37. The van der Waals surface area contributed by atoms with Crippen LogP contribution in [-0.4, -0.2) is 27.3 Å². The lowest BCUT2D eigenvalue weighted by Gasteiger charge is -2.15. The van der Waals surface area contributed by atoms with Gasteiger partial charge >= 0.3 is 6.18 Å². The smallest absolute Gasteiger partial charge is 0.417 e. The van der Waals surface area contributed by atoms with Gasteiger partial charge in [0.1, 0.15) is 0 Å². The van der Waals surface area contributed by atoms with Gasteiger partial charge in [-0.25, -0.2) is 0 Å². The molecule has 2 heterocycles. The topological polar surface area (TPSA) is 69.0 Å². The number of benzene rings is 1. The maximum atomic E-state index is 13.4. The van der Waals surface area contributed by atoms with Crippen LogP contribution < -0.4 is 10.1 Å². The summed E-state index contributed by atoms with van der Waals surface area (Å²) in [5.41, 5.74) is 0.273. The average molecular weight is 392 g/mol. The number of carbonyl (C=O) groups is 1. The van der Waals surface area contributed by atoms with Gasteiger partial charge in [-0.1, -0.05) is 30.3 Å². The number of amides is 1. The van der Waals surface area contributed by atoms with Gasteiger partial charge in [-0.15, -0.1) is 0 Å². The van der Waals surface area contributed by atoms with Gasteiger partial charge in [0.05, 0.1) is 22.7 Å². The first kappa shape index (κ1) is 19.7. The molecular weight excluding hydrogens is 373 g/mol. The normalized spacial score (nSPS) is 12.8. The van der Waals surface area contributed by atoms with E-state index in [9.17, 15) is 18.0 Å². The maximum Gasteiger partial charge on any atom is 0.417 e. The number of aryl methyl sites for hydroxylation is 2. The third-order valence-electron chi connectivity index (χ3n) is 4.28. The number of rotatable bonds is 5. The van der Waals surface area contributed by atoms with Gasteiger partial charge in [0.15, 0.2) is 12.3 Å². The first-order valence-corrected chi connectivity index (χ1v) is 8.55. The lowest BCUT2D eigenvalue weighted by atomic mass is 10.1. The Bertz CT molecular complexity index is 1000. The first-order valence-electron chi connectivity index (χ1n) is 8.55. The first-order chi connectivity index (χ1) is 13.2. The predicted molar refractivity (Wildman–Crippen MR) is 96.7 cm³/mol. The number of carbonyl (C=O) groups excluding carboxylic acids is 1. The molecule has 0 aliphatic carbocycles. The van der Waals surface area contributed by atoms with Gasteiger partial charge in [-0.2, -0.15) is 23.3 Å². The predicted octanol–water partition coefficient (Wildman–Crippen LogP) is 3.55. The molecule has 3 rings (SSSR count). The van der Waals surface area contributed by atoms with Crippen molar-refractivity contribution >= 4 is 16.9 Å². The van der Waals surface area contributed by atoms with Crippen molar-refractivity contribution in [3.63, 3.8) is 0 Å². The summed E-state index contributed by atoms with van der Waals surface area (Å²) < 4.78 is 46.8. The number of alkyl halides is 3. The number of nitrogens with zero attached hydrogens (tertiary/aromatic N) is 3. The van der Waals surface area contributed by atoms with Crippen LogP contribution in [-0.2, 0) is 18.0 Å². The number of pyridine rings is 1. The third-order valence-corrected chi connectivity index (χ3v) is 4.28. The molecule has 3 aromatic rings. The molecule has 0 aliphatic rings. The van der Waals surface area contributed by atoms with Crippen molar-refractivity contribution in [1.82, 2.24) is 20.1 Å². The maximum absolute atomic E-state index is 13.4. The molecule has 148 valence electrons. The molecule has 1 aromatic carbocycles. The van der Waals surface area contributed by atoms with Gasteiger partial charge in [0.25, 0.3) is 5.91 Å². The summed E-state index contributed by atoms with van der Waals surface area (Å²) in [6.07, 6.45) is -4.60. The van der Waals surface area contributed by atoms with E-state index in [1.165, 1.54) is 18.7 Å². The van der Waals surface area contributed by atoms with Crippen LogP contribution >= 0.6 is 0 Å². The Labute approximate surface area is 159 Å². The number of aromatic nitrogens is 3. The van der Waals surface area contributed by atoms with Crippen LogP contribution in [0.4, 0.5) is 13.2 Å². The van der Waals surface area contributed by atoms with Crippen molar-refractivity contribution < 1.29 is 22.7 Å². The second-order valence-corrected chi connectivity index (χ2v) is 6.40. The molecule has 0 fully saturated rings. The minimum Gasteiger partial charge on any atom is -0.467 e. The summed E-state index contributed by atoms with van der Waals surface area (Å²) in [5, 5.41) is 6.65. The second kappa shape index (κ2) is 7.49. The van der Waals surface area contributed by atoms with Gasteiger partial charge < -0.3 is 10.1 Å². The standard InChI is InChI=1S/C19H19F3N4O2/c1-11(13-7-5-4-6-8-13)23-15(27)10-28-16-9-14(19(20,21)22)17-12(2)25-26(3)18(17)24-16/h4-9,11H,10H2,1-3H3,(H,23,27). The zero-order valence-electron chi connectivity index (χ0n) is 15.5. The van der Waals surface area contributed by atoms with Crippen LogP contribution in [0.2, 0.25) is 0 Å². The Morgan fingerprint density at radius 1 is 1.29 bits per heavy atom. The van der Waals surface area contributed by atoms with E-state index in [2.05, 4.69) is 15.4 Å². The summed E-state index contributed by atoms with van der Waals surface area (Å²) in [7, 11) is 1.50. The van der Waals surface area contributed by atoms with Crippen molar-refractivity contribution in [3.8, 4) is 5.88 Å². The van der Waals surface area contributed by atoms with Crippen LogP contribution in [0, 0.1) is 6.92 Å². The van der Waals surface area contributed by atoms with E-state index in [1.807, 2.05) is 30.3 Å². The minimum atomic E-state index is -4.60. The largest absolute Gasteiger partial charge is 0.467 e. The van der Waals surface area contributed by atoms with Crippen LogP contribution in [0.25, 0.3) is 11.0 Å². The number of fused-ring (bicyclic) bond motifs is 1. The zero-order valence-corrected chi connectivity index (χ0v) is 15.5. The van der Waals surface area contributed by atoms with E-state index >= 15 is 0 Å². The van der Waals surface area contributed by atoms with Crippen LogP contribution in [0.5, 0.6) is 5.88 Å². The number of ether oxygens (including phenoxy) is 1. The lowest BCUT2D eigenvalue weighted by molar-refractivity contribution is -0.136. The summed E-state index contributed by atoms with van der Waals surface area (Å²) in [6.45, 7) is 2.83. The van der Waals surface area contributed by atoms with Gasteiger partial charge in [0, 0.05) is 13.1 Å². The molecule has 2 aromatic heterocycles. The van der Waals surface area contributed by atoms with E-state index in [-0.39, 0.29) is 28.6 Å². The van der Waals surface area contributed by atoms with Gasteiger partial charge in [-0.3, -0.25) is 9.48 Å². The number of halogens is 3. The molecule has 1 amide bonds. The Hall–Kier alpha value is -3.10. The van der Waals surface area contributed by atoms with Crippen LogP contribution in [0.1, 0.15) is 29.8 Å². The molecule has 0 bridgehead atoms. The molecule has 1 unspecified atom stereocenters. The molecule has 0 spiro atoms. The van der Waals surface area contributed by atoms with E-state index in [1.54, 1.807) is 6.92 Å². The SMILES string of the molecule is Cc1nn(C)c2nc(OCC(=O)NC(C)c3ccccc3)cc(C(F)(F)F)c12. The van der Waals surface area contributed by atoms with Crippen molar-refractivity contribution in [3.05, 3.63) is 53.2 Å². The minimum absolute atomic E-state index is 0.0420. The summed E-state index contributed by atoms with van der Waals surface area (Å²) in [4.78, 5) is 16.2. The molecule has 1 N–H and O–H groups in total. The molecule has 0 radical (unpaired) electrons. The zero-order chi connectivity index (χ0) is 20.5. The van der Waals surface area contributed by atoms with Crippen molar-refractivity contribution in [2.24, 2.45) is 7.05 Å². The highest BCUT2D eigenvalue weighted by atomic mass is 19.4. The Morgan fingerprint density at radius 3 is 2.61 bits per heavy atom. The summed E-state index contributed by atoms with van der Waals surface area (Å²) in [5.74, 6) is -0.752. The fourth-order valence-electron chi connectivity index (χ4n) is 2.97. The van der Waals surface area contributed by atoms with E-state index in [0.29, 0.717) is 0 Å². The Balaban J connectivity index is 1.77. The molecule has 0 aliphatic heterocycles.